The van der Waals surface area contributed by atoms with Crippen LogP contribution in [0.3, 0.4) is 0 Å². The van der Waals surface area contributed by atoms with Crippen LogP contribution in [0.25, 0.3) is 0 Å². The number of hydrogen-bond donors (Lipinski definition) is 1. The molecule has 0 aliphatic carbocycles. The average Bonchev–Trinajstić information content (AvgIpc) is 2.06. The van der Waals surface area contributed by atoms with Crippen LogP contribution in [0.5, 0.6) is 5.75 Å². The Bertz CT molecular complexity index is 238. The molecule has 0 aliphatic rings. The zero-order valence-corrected chi connectivity index (χ0v) is 7.21. The van der Waals surface area contributed by atoms with Crippen molar-refractivity contribution in [3.63, 3.8) is 0 Å². The van der Waals surface area contributed by atoms with Crippen molar-refractivity contribution in [3.8, 4) is 5.75 Å². The van der Waals surface area contributed by atoms with Crippen LogP contribution in [0.2, 0.25) is 0 Å². The van der Waals surface area contributed by atoms with Crippen molar-refractivity contribution in [1.29, 1.82) is 0 Å². The normalized spacial score (nSPS) is 8.42. The Kier molecular flexibility index (Phi) is 5.08. The van der Waals surface area contributed by atoms with Crippen molar-refractivity contribution in [2.24, 2.45) is 5.73 Å². The maximum absolute atomic E-state index is 10.6. The number of benzene rings is 1. The van der Waals surface area contributed by atoms with Crippen molar-refractivity contribution < 1.29 is 9.53 Å². The maximum atomic E-state index is 10.6. The molecule has 0 aliphatic heterocycles. The highest BCUT2D eigenvalue weighted by Crippen LogP contribution is 2.07. The minimum atomic E-state index is -0.420. The third-order valence-electron chi connectivity index (χ3n) is 1.14. The fourth-order valence-corrected chi connectivity index (χ4v) is 0.662. The fourth-order valence-electron chi connectivity index (χ4n) is 0.662. The van der Waals surface area contributed by atoms with Crippen molar-refractivity contribution >= 4 is 18.4 Å². The van der Waals surface area contributed by atoms with Gasteiger partial charge in [-0.25, -0.2) is 0 Å². The molecule has 0 atom stereocenters. The molecule has 1 rings (SSSR count). The Morgan fingerprint density at radius 3 is 2.42 bits per heavy atom. The van der Waals surface area contributed by atoms with Crippen LogP contribution < -0.4 is 10.5 Å². The van der Waals surface area contributed by atoms with E-state index in [-0.39, 0.29) is 19.0 Å². The van der Waals surface area contributed by atoms with Crippen LogP contribution in [0.4, 0.5) is 0 Å². The third-order valence-corrected chi connectivity index (χ3v) is 1.14. The number of rotatable bonds is 2. The summed E-state index contributed by atoms with van der Waals surface area (Å²) in [7, 11) is 0. The summed E-state index contributed by atoms with van der Waals surface area (Å²) in [5.74, 6) is 0.110. The molecule has 4 heteroatoms. The van der Waals surface area contributed by atoms with E-state index in [4.69, 9.17) is 10.5 Å². The molecule has 12 heavy (non-hydrogen) atoms. The van der Waals surface area contributed by atoms with Gasteiger partial charge in [0.25, 0.3) is 0 Å². The van der Waals surface area contributed by atoms with Gasteiger partial charge in [-0.1, -0.05) is 18.2 Å². The SMILES string of the molecule is Cl.NCC(=O)Oc1ccccc1. The second-order valence-corrected chi connectivity index (χ2v) is 1.99. The Morgan fingerprint density at radius 1 is 1.33 bits per heavy atom. The maximum Gasteiger partial charge on any atom is 0.325 e. The summed E-state index contributed by atoms with van der Waals surface area (Å²) in [5, 5.41) is 0. The van der Waals surface area contributed by atoms with Crippen molar-refractivity contribution in [2.45, 2.75) is 0 Å². The lowest BCUT2D eigenvalue weighted by Crippen LogP contribution is -2.19. The van der Waals surface area contributed by atoms with E-state index < -0.39 is 5.97 Å². The summed E-state index contributed by atoms with van der Waals surface area (Å²) in [6, 6.07) is 8.83. The number of carbonyl (C=O) groups excluding carboxylic acids is 1. The first-order chi connectivity index (χ1) is 5.33. The molecule has 0 amide bonds. The molecule has 1 aromatic rings. The Balaban J connectivity index is 0.00000121. The largest absolute Gasteiger partial charge is 0.426 e. The van der Waals surface area contributed by atoms with Crippen molar-refractivity contribution in [2.75, 3.05) is 6.54 Å². The molecule has 0 radical (unpaired) electrons. The topological polar surface area (TPSA) is 52.3 Å². The molecular formula is C8H10ClNO2. The van der Waals surface area contributed by atoms with Gasteiger partial charge >= 0.3 is 5.97 Å². The molecule has 0 aromatic heterocycles. The summed E-state index contributed by atoms with van der Waals surface area (Å²) >= 11 is 0. The van der Waals surface area contributed by atoms with Gasteiger partial charge in [0.1, 0.15) is 5.75 Å². The van der Waals surface area contributed by atoms with E-state index in [0.717, 1.165) is 0 Å². The Labute approximate surface area is 76.9 Å². The van der Waals surface area contributed by atoms with Gasteiger partial charge in [-0.15, -0.1) is 12.4 Å². The minimum absolute atomic E-state index is 0. The zero-order valence-electron chi connectivity index (χ0n) is 6.40. The number of para-hydroxylation sites is 1. The van der Waals surface area contributed by atoms with Crippen LogP contribution in [0.15, 0.2) is 30.3 Å². The van der Waals surface area contributed by atoms with Gasteiger partial charge in [0, 0.05) is 0 Å². The van der Waals surface area contributed by atoms with E-state index in [9.17, 15) is 4.79 Å². The summed E-state index contributed by atoms with van der Waals surface area (Å²) in [6.07, 6.45) is 0. The summed E-state index contributed by atoms with van der Waals surface area (Å²) < 4.78 is 4.80. The van der Waals surface area contributed by atoms with Gasteiger partial charge in [0.05, 0.1) is 6.54 Å². The van der Waals surface area contributed by atoms with Crippen LogP contribution in [-0.4, -0.2) is 12.5 Å². The lowest BCUT2D eigenvalue weighted by Gasteiger charge is -1.99. The molecule has 2 N–H and O–H groups in total. The molecular weight excluding hydrogens is 178 g/mol. The highest BCUT2D eigenvalue weighted by molar-refractivity contribution is 5.85. The zero-order chi connectivity index (χ0) is 8.10. The minimum Gasteiger partial charge on any atom is -0.426 e. The second kappa shape index (κ2) is 5.57. The highest BCUT2D eigenvalue weighted by Gasteiger charge is 1.98. The van der Waals surface area contributed by atoms with Crippen LogP contribution in [0, 0.1) is 0 Å². The van der Waals surface area contributed by atoms with E-state index in [0.29, 0.717) is 5.75 Å². The van der Waals surface area contributed by atoms with Gasteiger partial charge in [0.15, 0.2) is 0 Å². The molecule has 0 bridgehead atoms. The molecule has 0 heterocycles. The summed E-state index contributed by atoms with van der Waals surface area (Å²) in [5.41, 5.74) is 5.05. The van der Waals surface area contributed by atoms with Crippen LogP contribution in [-0.2, 0) is 4.79 Å². The fraction of sp³-hybridized carbons (Fsp3) is 0.125. The first-order valence-corrected chi connectivity index (χ1v) is 3.28. The number of halogens is 1. The smallest absolute Gasteiger partial charge is 0.325 e. The van der Waals surface area contributed by atoms with Gasteiger partial charge in [0.2, 0.25) is 0 Å². The van der Waals surface area contributed by atoms with Crippen LogP contribution >= 0.6 is 12.4 Å². The van der Waals surface area contributed by atoms with E-state index in [2.05, 4.69) is 0 Å². The van der Waals surface area contributed by atoms with Crippen molar-refractivity contribution in [3.05, 3.63) is 30.3 Å². The quantitative estimate of drug-likeness (QED) is 0.555. The van der Waals surface area contributed by atoms with E-state index >= 15 is 0 Å². The summed E-state index contributed by atoms with van der Waals surface area (Å²) in [4.78, 5) is 10.6. The van der Waals surface area contributed by atoms with E-state index in [1.807, 2.05) is 6.07 Å². The number of esters is 1. The van der Waals surface area contributed by atoms with Gasteiger partial charge in [-0.05, 0) is 12.1 Å². The predicted octanol–water partition coefficient (Wildman–Crippen LogP) is 0.973. The summed E-state index contributed by atoms with van der Waals surface area (Å²) in [6.45, 7) is -0.0884. The number of hydrogen-bond acceptors (Lipinski definition) is 3. The Morgan fingerprint density at radius 2 is 1.92 bits per heavy atom. The van der Waals surface area contributed by atoms with Crippen LogP contribution in [0.1, 0.15) is 0 Å². The molecule has 66 valence electrons. The van der Waals surface area contributed by atoms with Gasteiger partial charge in [-0.2, -0.15) is 0 Å². The third kappa shape index (κ3) is 3.37. The lowest BCUT2D eigenvalue weighted by molar-refractivity contribution is -0.132. The van der Waals surface area contributed by atoms with Gasteiger partial charge in [-0.3, -0.25) is 4.79 Å². The molecule has 3 nitrogen and oxygen atoms in total. The number of nitrogens with two attached hydrogens (primary N) is 1. The van der Waals surface area contributed by atoms with Gasteiger partial charge < -0.3 is 10.5 Å². The first-order valence-electron chi connectivity index (χ1n) is 3.28. The number of ether oxygens (including phenoxy) is 1. The molecule has 0 saturated carbocycles. The lowest BCUT2D eigenvalue weighted by atomic mass is 10.3. The van der Waals surface area contributed by atoms with E-state index in [1.165, 1.54) is 0 Å². The molecule has 0 fully saturated rings. The number of carbonyl (C=O) groups is 1. The first kappa shape index (κ1) is 10.9. The molecule has 1 aromatic carbocycles. The standard InChI is InChI=1S/C8H9NO2.ClH/c9-6-8(10)11-7-4-2-1-3-5-7;/h1-5H,6,9H2;1H. The molecule has 0 spiro atoms. The average molecular weight is 188 g/mol. The molecule has 0 saturated heterocycles. The molecule has 0 unspecified atom stereocenters. The van der Waals surface area contributed by atoms with E-state index in [1.54, 1.807) is 24.3 Å². The Hall–Kier alpha value is -1.06. The second-order valence-electron chi connectivity index (χ2n) is 1.99. The van der Waals surface area contributed by atoms with Crippen molar-refractivity contribution in [1.82, 2.24) is 0 Å². The predicted molar refractivity (Wildman–Crippen MR) is 48.4 cm³/mol. The monoisotopic (exact) mass is 187 g/mol. The highest BCUT2D eigenvalue weighted by atomic mass is 35.5.